The number of carbonyl (C=O) groups excluding carboxylic acids is 1. The van der Waals surface area contributed by atoms with E-state index < -0.39 is 0 Å². The molecule has 150 valence electrons. The lowest BCUT2D eigenvalue weighted by atomic mass is 10.1. The number of carbonyl (C=O) groups is 1. The molecule has 0 atom stereocenters. The summed E-state index contributed by atoms with van der Waals surface area (Å²) in [6.07, 6.45) is 1.76. The van der Waals surface area contributed by atoms with E-state index in [0.717, 1.165) is 30.2 Å². The highest BCUT2D eigenvalue weighted by atomic mass is 16.4. The maximum atomic E-state index is 12.2. The Morgan fingerprint density at radius 1 is 1.03 bits per heavy atom. The molecular weight excluding hydrogens is 368 g/mol. The number of aromatic nitrogens is 4. The summed E-state index contributed by atoms with van der Waals surface area (Å²) >= 11 is 0. The van der Waals surface area contributed by atoms with Crippen LogP contribution in [0.3, 0.4) is 0 Å². The molecule has 0 unspecified atom stereocenters. The van der Waals surface area contributed by atoms with E-state index in [2.05, 4.69) is 20.1 Å². The maximum Gasteiger partial charge on any atom is 0.268 e. The number of piperazine rings is 1. The minimum absolute atomic E-state index is 0.0173. The topological polar surface area (TPSA) is 88.3 Å². The average Bonchev–Trinajstić information content (AvgIpc) is 3.24. The molecule has 0 aliphatic carbocycles. The van der Waals surface area contributed by atoms with Gasteiger partial charge in [0.2, 0.25) is 11.8 Å². The van der Waals surface area contributed by atoms with Gasteiger partial charge in [-0.1, -0.05) is 32.0 Å². The smallest absolute Gasteiger partial charge is 0.268 e. The van der Waals surface area contributed by atoms with Gasteiger partial charge in [0.05, 0.1) is 11.9 Å². The fourth-order valence-electron chi connectivity index (χ4n) is 3.33. The fraction of sp³-hybridized carbons (Fsp3) is 0.381. The minimum atomic E-state index is 0.0173. The van der Waals surface area contributed by atoms with Gasteiger partial charge in [0.1, 0.15) is 5.82 Å². The summed E-state index contributed by atoms with van der Waals surface area (Å²) in [5.41, 5.74) is 2.17. The predicted octanol–water partition coefficient (Wildman–Crippen LogP) is 2.81. The Morgan fingerprint density at radius 3 is 2.41 bits per heavy atom. The third-order valence-corrected chi connectivity index (χ3v) is 5.00. The van der Waals surface area contributed by atoms with Gasteiger partial charge in [-0.25, -0.2) is 4.98 Å². The van der Waals surface area contributed by atoms with E-state index in [-0.39, 0.29) is 11.8 Å². The van der Waals surface area contributed by atoms with Crippen molar-refractivity contribution in [3.8, 4) is 23.0 Å². The summed E-state index contributed by atoms with van der Waals surface area (Å²) in [4.78, 5) is 25.5. The molecule has 3 aromatic rings. The second kappa shape index (κ2) is 7.98. The standard InChI is InChI=1S/C21H24N6O2/c1-14(2)21(28)27-11-9-26(10-12-27)17-13-22-15(3)18(23-17)20-25-24-19(29-20)16-7-5-4-6-8-16/h4-8,13-14H,9-12H2,1-3H3. The molecule has 0 N–H and O–H groups in total. The van der Waals surface area contributed by atoms with Gasteiger partial charge in [0, 0.05) is 37.7 Å². The normalized spacial score (nSPS) is 14.5. The van der Waals surface area contributed by atoms with E-state index in [0.29, 0.717) is 30.6 Å². The lowest BCUT2D eigenvalue weighted by Crippen LogP contribution is -2.50. The second-order valence-electron chi connectivity index (χ2n) is 7.41. The molecule has 0 spiro atoms. The van der Waals surface area contributed by atoms with Crippen molar-refractivity contribution >= 4 is 11.7 Å². The highest BCUT2D eigenvalue weighted by molar-refractivity contribution is 5.78. The van der Waals surface area contributed by atoms with Crippen molar-refractivity contribution in [2.45, 2.75) is 20.8 Å². The summed E-state index contributed by atoms with van der Waals surface area (Å²) < 4.78 is 5.86. The lowest BCUT2D eigenvalue weighted by molar-refractivity contribution is -0.134. The van der Waals surface area contributed by atoms with Crippen LogP contribution in [0, 0.1) is 12.8 Å². The highest BCUT2D eigenvalue weighted by Gasteiger charge is 2.24. The predicted molar refractivity (Wildman–Crippen MR) is 109 cm³/mol. The van der Waals surface area contributed by atoms with Gasteiger partial charge in [0.25, 0.3) is 5.89 Å². The number of nitrogens with zero attached hydrogens (tertiary/aromatic N) is 6. The van der Waals surface area contributed by atoms with Gasteiger partial charge in [-0.2, -0.15) is 0 Å². The number of rotatable bonds is 4. The van der Waals surface area contributed by atoms with Gasteiger partial charge in [-0.05, 0) is 19.1 Å². The number of aryl methyl sites for hydroxylation is 1. The first kappa shape index (κ1) is 19.0. The summed E-state index contributed by atoms with van der Waals surface area (Å²) in [5.74, 6) is 1.77. The van der Waals surface area contributed by atoms with Crippen LogP contribution in [0.5, 0.6) is 0 Å². The van der Waals surface area contributed by atoms with E-state index in [1.807, 2.05) is 56.0 Å². The Labute approximate surface area is 169 Å². The van der Waals surface area contributed by atoms with E-state index in [4.69, 9.17) is 9.40 Å². The molecule has 1 aliphatic heterocycles. The van der Waals surface area contributed by atoms with Gasteiger partial charge < -0.3 is 14.2 Å². The van der Waals surface area contributed by atoms with Crippen LogP contribution in [0.1, 0.15) is 19.5 Å². The summed E-state index contributed by atoms with van der Waals surface area (Å²) in [5, 5.41) is 8.32. The van der Waals surface area contributed by atoms with Crippen molar-refractivity contribution in [2.75, 3.05) is 31.1 Å². The molecule has 29 heavy (non-hydrogen) atoms. The summed E-state index contributed by atoms with van der Waals surface area (Å²) in [6, 6.07) is 9.63. The number of hydrogen-bond donors (Lipinski definition) is 0. The van der Waals surface area contributed by atoms with Gasteiger partial charge in [-0.3, -0.25) is 9.78 Å². The number of benzene rings is 1. The molecule has 1 fully saturated rings. The molecule has 8 nitrogen and oxygen atoms in total. The molecule has 0 saturated carbocycles. The zero-order chi connectivity index (χ0) is 20.4. The zero-order valence-electron chi connectivity index (χ0n) is 16.9. The van der Waals surface area contributed by atoms with Crippen molar-refractivity contribution in [3.63, 3.8) is 0 Å². The number of anilines is 1. The van der Waals surface area contributed by atoms with Crippen molar-refractivity contribution in [1.29, 1.82) is 0 Å². The summed E-state index contributed by atoms with van der Waals surface area (Å²) in [6.45, 7) is 8.53. The van der Waals surface area contributed by atoms with Crippen LogP contribution in [-0.2, 0) is 4.79 Å². The number of amides is 1. The van der Waals surface area contributed by atoms with E-state index in [1.165, 1.54) is 0 Å². The molecule has 2 aromatic heterocycles. The van der Waals surface area contributed by atoms with E-state index >= 15 is 0 Å². The van der Waals surface area contributed by atoms with Crippen LogP contribution < -0.4 is 4.90 Å². The quantitative estimate of drug-likeness (QED) is 0.674. The second-order valence-corrected chi connectivity index (χ2v) is 7.41. The van der Waals surface area contributed by atoms with Crippen LogP contribution in [0.25, 0.3) is 23.0 Å². The number of hydrogen-bond acceptors (Lipinski definition) is 7. The van der Waals surface area contributed by atoms with Crippen molar-refractivity contribution in [2.24, 2.45) is 5.92 Å². The molecule has 0 bridgehead atoms. The third-order valence-electron chi connectivity index (χ3n) is 5.00. The van der Waals surface area contributed by atoms with Crippen LogP contribution >= 0.6 is 0 Å². The van der Waals surface area contributed by atoms with Crippen molar-refractivity contribution < 1.29 is 9.21 Å². The zero-order valence-corrected chi connectivity index (χ0v) is 16.9. The van der Waals surface area contributed by atoms with Crippen molar-refractivity contribution in [3.05, 3.63) is 42.2 Å². The molecule has 1 aromatic carbocycles. The SMILES string of the molecule is Cc1ncc(N2CCN(C(=O)C(C)C)CC2)nc1-c1nnc(-c2ccccc2)o1. The first-order valence-electron chi connectivity index (χ1n) is 9.79. The third kappa shape index (κ3) is 3.96. The minimum Gasteiger partial charge on any atom is -0.415 e. The molecule has 8 heteroatoms. The van der Waals surface area contributed by atoms with Crippen LogP contribution in [0.4, 0.5) is 5.82 Å². The molecule has 3 heterocycles. The Hall–Kier alpha value is -3.29. The molecule has 1 aliphatic rings. The Balaban J connectivity index is 1.53. The van der Waals surface area contributed by atoms with Crippen LogP contribution in [0.2, 0.25) is 0 Å². The van der Waals surface area contributed by atoms with Crippen molar-refractivity contribution in [1.82, 2.24) is 25.1 Å². The molecular formula is C21H24N6O2. The lowest BCUT2D eigenvalue weighted by Gasteiger charge is -2.36. The Bertz CT molecular complexity index is 993. The average molecular weight is 392 g/mol. The maximum absolute atomic E-state index is 12.2. The molecule has 0 radical (unpaired) electrons. The van der Waals surface area contributed by atoms with E-state index in [1.54, 1.807) is 6.20 Å². The first-order chi connectivity index (χ1) is 14.0. The van der Waals surface area contributed by atoms with Gasteiger partial charge in [0.15, 0.2) is 5.69 Å². The Kier molecular flexibility index (Phi) is 5.24. The summed E-state index contributed by atoms with van der Waals surface area (Å²) in [7, 11) is 0. The van der Waals surface area contributed by atoms with E-state index in [9.17, 15) is 4.79 Å². The highest BCUT2D eigenvalue weighted by Crippen LogP contribution is 2.26. The molecule has 1 saturated heterocycles. The largest absolute Gasteiger partial charge is 0.415 e. The molecule has 1 amide bonds. The molecule has 4 rings (SSSR count). The Morgan fingerprint density at radius 2 is 1.72 bits per heavy atom. The monoisotopic (exact) mass is 392 g/mol. The van der Waals surface area contributed by atoms with Crippen LogP contribution in [0.15, 0.2) is 40.9 Å². The fourth-order valence-corrected chi connectivity index (χ4v) is 3.33. The van der Waals surface area contributed by atoms with Crippen LogP contribution in [-0.4, -0.2) is 57.2 Å². The van der Waals surface area contributed by atoms with Gasteiger partial charge >= 0.3 is 0 Å². The first-order valence-corrected chi connectivity index (χ1v) is 9.79. The van der Waals surface area contributed by atoms with Gasteiger partial charge in [-0.15, -0.1) is 10.2 Å².